The van der Waals surface area contributed by atoms with Gasteiger partial charge in [0.1, 0.15) is 24.5 Å². The summed E-state index contributed by atoms with van der Waals surface area (Å²) in [4.78, 5) is 10.4. The van der Waals surface area contributed by atoms with Gasteiger partial charge in [-0.25, -0.2) is 4.98 Å². The number of rotatable bonds is 7. The topological polar surface area (TPSA) is 88.2 Å². The lowest BCUT2D eigenvalue weighted by Gasteiger charge is -2.26. The highest BCUT2D eigenvalue weighted by Gasteiger charge is 2.16. The van der Waals surface area contributed by atoms with Crippen molar-refractivity contribution in [2.75, 3.05) is 44.8 Å². The molecule has 5 aromatic rings. The zero-order valence-corrected chi connectivity index (χ0v) is 20.4. The number of hydrogen-bond acceptors (Lipinski definition) is 8. The van der Waals surface area contributed by atoms with E-state index in [0.29, 0.717) is 17.5 Å². The van der Waals surface area contributed by atoms with Gasteiger partial charge in [-0.15, -0.1) is 21.5 Å². The van der Waals surface area contributed by atoms with Crippen LogP contribution in [0.15, 0.2) is 54.2 Å². The molecule has 3 aromatic heterocycles. The van der Waals surface area contributed by atoms with Gasteiger partial charge in [-0.3, -0.25) is 4.90 Å². The minimum Gasteiger partial charge on any atom is -0.492 e. The molecule has 10 heteroatoms. The first-order chi connectivity index (χ1) is 17.3. The highest BCUT2D eigenvalue weighted by atomic mass is 35.5. The summed E-state index contributed by atoms with van der Waals surface area (Å²) in [6, 6.07) is 13.8. The van der Waals surface area contributed by atoms with E-state index in [0.717, 1.165) is 76.7 Å². The van der Waals surface area contributed by atoms with E-state index in [9.17, 15) is 0 Å². The Bertz CT molecular complexity index is 1470. The van der Waals surface area contributed by atoms with Gasteiger partial charge in [-0.1, -0.05) is 23.7 Å². The second-order valence-corrected chi connectivity index (χ2v) is 9.56. The largest absolute Gasteiger partial charge is 0.492 e. The number of H-pyrrole nitrogens is 1. The van der Waals surface area contributed by atoms with E-state index >= 15 is 0 Å². The molecule has 4 heterocycles. The van der Waals surface area contributed by atoms with Gasteiger partial charge in [-0.05, 0) is 29.6 Å². The fraction of sp³-hybridized carbons (Fsp3) is 0.240. The predicted molar refractivity (Wildman–Crippen MR) is 140 cm³/mol. The molecule has 0 unspecified atom stereocenters. The van der Waals surface area contributed by atoms with Crippen LogP contribution in [0.3, 0.4) is 0 Å². The smallest absolute Gasteiger partial charge is 0.163 e. The van der Waals surface area contributed by atoms with Crippen molar-refractivity contribution in [1.82, 2.24) is 25.1 Å². The third-order valence-corrected chi connectivity index (χ3v) is 7.34. The summed E-state index contributed by atoms with van der Waals surface area (Å²) in [5.41, 5.74) is 2.48. The molecule has 2 aromatic carbocycles. The van der Waals surface area contributed by atoms with Crippen LogP contribution < -0.4 is 10.1 Å². The third-order valence-electron chi connectivity index (χ3n) is 6.07. The third kappa shape index (κ3) is 4.55. The number of nitrogens with zero attached hydrogens (tertiary/aromatic N) is 4. The lowest BCUT2D eigenvalue weighted by atomic mass is 10.1. The summed E-state index contributed by atoms with van der Waals surface area (Å²) in [6.45, 7) is 4.91. The van der Waals surface area contributed by atoms with Gasteiger partial charge >= 0.3 is 0 Å². The van der Waals surface area contributed by atoms with Crippen molar-refractivity contribution in [3.63, 3.8) is 0 Å². The van der Waals surface area contributed by atoms with E-state index in [1.807, 2.05) is 30.3 Å². The number of para-hydroxylation sites is 1. The van der Waals surface area contributed by atoms with E-state index in [4.69, 9.17) is 26.1 Å². The molecule has 1 aliphatic heterocycles. The molecule has 0 spiro atoms. The Morgan fingerprint density at radius 3 is 2.91 bits per heavy atom. The fourth-order valence-electron chi connectivity index (χ4n) is 4.28. The average molecular weight is 507 g/mol. The summed E-state index contributed by atoms with van der Waals surface area (Å²) in [5, 5.41) is 16.4. The number of fused-ring (bicyclic) bond motifs is 3. The van der Waals surface area contributed by atoms with Crippen molar-refractivity contribution < 1.29 is 9.47 Å². The minimum absolute atomic E-state index is 0.597. The number of hydrogen-bond donors (Lipinski definition) is 2. The van der Waals surface area contributed by atoms with Crippen LogP contribution >= 0.6 is 22.9 Å². The second-order valence-electron chi connectivity index (χ2n) is 8.23. The first kappa shape index (κ1) is 22.2. The van der Waals surface area contributed by atoms with Crippen LogP contribution in [-0.4, -0.2) is 64.5 Å². The molecule has 35 heavy (non-hydrogen) atoms. The summed E-state index contributed by atoms with van der Waals surface area (Å²) >= 11 is 8.25. The van der Waals surface area contributed by atoms with Gasteiger partial charge in [0.15, 0.2) is 5.82 Å². The molecule has 0 bridgehead atoms. The van der Waals surface area contributed by atoms with Crippen LogP contribution in [0.4, 0.5) is 11.5 Å². The number of aromatic amines is 1. The number of ether oxygens (including phenoxy) is 2. The van der Waals surface area contributed by atoms with Crippen molar-refractivity contribution in [3.05, 3.63) is 59.2 Å². The summed E-state index contributed by atoms with van der Waals surface area (Å²) < 4.78 is 12.6. The molecule has 0 atom stereocenters. The average Bonchev–Trinajstić information content (AvgIpc) is 3.59. The molecule has 8 nitrogen and oxygen atoms in total. The number of halogens is 1. The number of aromatic nitrogens is 4. The lowest BCUT2D eigenvalue weighted by molar-refractivity contribution is 0.0322. The van der Waals surface area contributed by atoms with Crippen LogP contribution in [0.25, 0.3) is 32.4 Å². The van der Waals surface area contributed by atoms with Crippen LogP contribution in [0.5, 0.6) is 5.75 Å². The Kier molecular flexibility index (Phi) is 6.22. The van der Waals surface area contributed by atoms with Gasteiger partial charge < -0.3 is 19.8 Å². The van der Waals surface area contributed by atoms with Crippen molar-refractivity contribution in [2.24, 2.45) is 0 Å². The van der Waals surface area contributed by atoms with E-state index in [-0.39, 0.29) is 0 Å². The molecule has 0 radical (unpaired) electrons. The fourth-order valence-corrected chi connectivity index (χ4v) is 5.37. The SMILES string of the molecule is Clc1ccc(OCCN2CCOCC2)cc1Nc1nc2c(-c3nnc[nH]3)cccc2c2sccc12. The molecular weight excluding hydrogens is 484 g/mol. The number of benzene rings is 2. The van der Waals surface area contributed by atoms with Crippen molar-refractivity contribution in [2.45, 2.75) is 0 Å². The number of thiophene rings is 1. The summed E-state index contributed by atoms with van der Waals surface area (Å²) in [5.74, 6) is 2.17. The molecule has 1 aliphatic rings. The molecule has 0 saturated carbocycles. The monoisotopic (exact) mass is 506 g/mol. The highest BCUT2D eigenvalue weighted by molar-refractivity contribution is 7.18. The van der Waals surface area contributed by atoms with Crippen molar-refractivity contribution in [1.29, 1.82) is 0 Å². The number of nitrogens with one attached hydrogen (secondary N) is 2. The van der Waals surface area contributed by atoms with Crippen LogP contribution in [0, 0.1) is 0 Å². The first-order valence-corrected chi connectivity index (χ1v) is 12.7. The first-order valence-electron chi connectivity index (χ1n) is 11.4. The van der Waals surface area contributed by atoms with Gasteiger partial charge in [0.2, 0.25) is 0 Å². The number of anilines is 2. The Morgan fingerprint density at radius 2 is 2.06 bits per heavy atom. The van der Waals surface area contributed by atoms with E-state index < -0.39 is 0 Å². The molecule has 1 saturated heterocycles. The van der Waals surface area contributed by atoms with E-state index in [1.54, 1.807) is 17.7 Å². The Morgan fingerprint density at radius 1 is 1.14 bits per heavy atom. The highest BCUT2D eigenvalue weighted by Crippen LogP contribution is 2.39. The molecule has 1 fully saturated rings. The van der Waals surface area contributed by atoms with Crippen LogP contribution in [0.1, 0.15) is 0 Å². The van der Waals surface area contributed by atoms with Gasteiger partial charge in [0, 0.05) is 46.7 Å². The molecule has 0 aliphatic carbocycles. The van der Waals surface area contributed by atoms with Gasteiger partial charge in [0.25, 0.3) is 0 Å². The molecule has 6 rings (SSSR count). The summed E-state index contributed by atoms with van der Waals surface area (Å²) in [6.07, 6.45) is 1.57. The maximum atomic E-state index is 6.57. The maximum absolute atomic E-state index is 6.57. The number of morpholine rings is 1. The Hall–Kier alpha value is -3.24. The quantitative estimate of drug-likeness (QED) is 0.308. The lowest BCUT2D eigenvalue weighted by Crippen LogP contribution is -2.38. The number of pyridine rings is 1. The van der Waals surface area contributed by atoms with Gasteiger partial charge in [-0.2, -0.15) is 0 Å². The molecule has 178 valence electrons. The Labute approximate surface area is 210 Å². The zero-order chi connectivity index (χ0) is 23.6. The molecule has 2 N–H and O–H groups in total. The minimum atomic E-state index is 0.597. The zero-order valence-electron chi connectivity index (χ0n) is 18.8. The normalized spacial score (nSPS) is 14.5. The molecule has 0 amide bonds. The van der Waals surface area contributed by atoms with Crippen molar-refractivity contribution in [3.8, 4) is 17.1 Å². The van der Waals surface area contributed by atoms with Crippen molar-refractivity contribution >= 4 is 55.4 Å². The second kappa shape index (κ2) is 9.79. The van der Waals surface area contributed by atoms with E-state index in [1.165, 1.54) is 0 Å². The van der Waals surface area contributed by atoms with Crippen LogP contribution in [0.2, 0.25) is 5.02 Å². The predicted octanol–water partition coefficient (Wildman–Crippen LogP) is 5.34. The van der Waals surface area contributed by atoms with Crippen LogP contribution in [-0.2, 0) is 4.74 Å². The van der Waals surface area contributed by atoms with E-state index in [2.05, 4.69) is 42.9 Å². The van der Waals surface area contributed by atoms with Gasteiger partial charge in [0.05, 0.1) is 29.4 Å². The maximum Gasteiger partial charge on any atom is 0.163 e. The standard InChI is InChI=1S/C25H23ClN6O2S/c26-20-5-4-16(34-12-9-32-7-10-33-11-8-32)14-21(20)29-25-19-6-13-35-23(19)17-2-1-3-18(22(17)30-25)24-27-15-28-31-24/h1-6,13-15H,7-12H2,(H,29,30)(H,27,28,31). The Balaban J connectivity index is 1.31. The molecular formula is C25H23ClN6O2S. The summed E-state index contributed by atoms with van der Waals surface area (Å²) in [7, 11) is 0.